The number of amides is 1. The standard InChI is InChI=1S/C29H38F2N4O2/c1-18-16-35(23-10-12-29(30,31)13-11-23)17-26(18)20-4-2-19(3-5-20)21-14-25(27(32)33-15-21)28(37)34-22-6-8-24(36)9-7-22/h2-5,14-15,18,22-24,26,36H,6-13,16-17H2,1H3,(H2,32,33)(H,34,37)/t18-,22?,24?,26-/m1/s1. The van der Waals surface area contributed by atoms with Crippen molar-refractivity contribution in [3.8, 4) is 11.1 Å². The van der Waals surface area contributed by atoms with Crippen molar-refractivity contribution in [3.63, 3.8) is 0 Å². The van der Waals surface area contributed by atoms with Crippen LogP contribution in [-0.4, -0.2) is 58.1 Å². The van der Waals surface area contributed by atoms with E-state index in [1.54, 1.807) is 12.3 Å². The monoisotopic (exact) mass is 512 g/mol. The molecular formula is C29H38F2N4O2. The Labute approximate surface area is 217 Å². The lowest BCUT2D eigenvalue weighted by atomic mass is 9.89. The summed E-state index contributed by atoms with van der Waals surface area (Å²) in [5.74, 6) is -1.69. The first kappa shape index (κ1) is 26.0. The number of aromatic nitrogens is 1. The van der Waals surface area contributed by atoms with Crippen LogP contribution in [0.3, 0.4) is 0 Å². The molecule has 1 aliphatic heterocycles. The van der Waals surface area contributed by atoms with Crippen molar-refractivity contribution in [1.29, 1.82) is 0 Å². The fraction of sp³-hybridized carbons (Fsp3) is 0.586. The average Bonchev–Trinajstić information content (AvgIpc) is 3.27. The summed E-state index contributed by atoms with van der Waals surface area (Å²) in [4.78, 5) is 19.6. The Balaban J connectivity index is 1.24. The number of likely N-dealkylation sites (tertiary alicyclic amines) is 1. The summed E-state index contributed by atoms with van der Waals surface area (Å²) in [5.41, 5.74) is 9.46. The largest absolute Gasteiger partial charge is 0.393 e. The molecule has 0 unspecified atom stereocenters. The molecule has 1 aromatic heterocycles. The Morgan fingerprint density at radius 2 is 1.73 bits per heavy atom. The molecule has 200 valence electrons. The maximum atomic E-state index is 13.6. The predicted molar refractivity (Wildman–Crippen MR) is 140 cm³/mol. The second-order valence-corrected chi connectivity index (χ2v) is 11.4. The Morgan fingerprint density at radius 3 is 2.41 bits per heavy atom. The number of pyridine rings is 1. The van der Waals surface area contributed by atoms with Gasteiger partial charge in [-0.3, -0.25) is 9.69 Å². The van der Waals surface area contributed by atoms with E-state index in [0.29, 0.717) is 43.1 Å². The number of benzene rings is 1. The molecule has 37 heavy (non-hydrogen) atoms. The van der Waals surface area contributed by atoms with Gasteiger partial charge < -0.3 is 16.2 Å². The summed E-state index contributed by atoms with van der Waals surface area (Å²) in [6.45, 7) is 4.10. The molecule has 0 spiro atoms. The van der Waals surface area contributed by atoms with Gasteiger partial charge in [0.2, 0.25) is 5.92 Å². The second kappa shape index (κ2) is 10.7. The van der Waals surface area contributed by atoms with Gasteiger partial charge in [-0.25, -0.2) is 13.8 Å². The summed E-state index contributed by atoms with van der Waals surface area (Å²) >= 11 is 0. The molecule has 2 atom stereocenters. The van der Waals surface area contributed by atoms with Crippen LogP contribution in [0.1, 0.15) is 80.1 Å². The first-order valence-corrected chi connectivity index (χ1v) is 13.6. The van der Waals surface area contributed by atoms with Crippen LogP contribution in [0.4, 0.5) is 14.6 Å². The fourth-order valence-electron chi connectivity index (χ4n) is 6.35. The van der Waals surface area contributed by atoms with E-state index in [2.05, 4.69) is 46.4 Å². The highest BCUT2D eigenvalue weighted by atomic mass is 19.3. The minimum Gasteiger partial charge on any atom is -0.393 e. The molecule has 5 rings (SSSR count). The van der Waals surface area contributed by atoms with Crippen molar-refractivity contribution in [2.45, 2.75) is 88.3 Å². The van der Waals surface area contributed by atoms with Crippen LogP contribution in [0, 0.1) is 5.92 Å². The number of aliphatic hydroxyl groups excluding tert-OH is 1. The third kappa shape index (κ3) is 5.96. The number of carbonyl (C=O) groups is 1. The summed E-state index contributed by atoms with van der Waals surface area (Å²) in [6.07, 6.45) is 5.47. The van der Waals surface area contributed by atoms with Gasteiger partial charge in [-0.2, -0.15) is 0 Å². The molecule has 6 nitrogen and oxygen atoms in total. The molecule has 2 heterocycles. The minimum atomic E-state index is -2.49. The second-order valence-electron chi connectivity index (χ2n) is 11.4. The van der Waals surface area contributed by atoms with E-state index in [1.807, 2.05) is 0 Å². The van der Waals surface area contributed by atoms with Crippen LogP contribution < -0.4 is 11.1 Å². The van der Waals surface area contributed by atoms with Gasteiger partial charge in [-0.05, 0) is 61.6 Å². The number of nitrogens with zero attached hydrogens (tertiary/aromatic N) is 2. The zero-order chi connectivity index (χ0) is 26.2. The molecule has 1 saturated heterocycles. The van der Waals surface area contributed by atoms with E-state index in [0.717, 1.165) is 37.1 Å². The van der Waals surface area contributed by atoms with Crippen molar-refractivity contribution >= 4 is 11.7 Å². The van der Waals surface area contributed by atoms with E-state index in [4.69, 9.17) is 5.73 Å². The highest BCUT2D eigenvalue weighted by molar-refractivity contribution is 5.99. The molecule has 3 fully saturated rings. The summed E-state index contributed by atoms with van der Waals surface area (Å²) in [5, 5.41) is 12.8. The fourth-order valence-corrected chi connectivity index (χ4v) is 6.35. The molecule has 3 aliphatic rings. The quantitative estimate of drug-likeness (QED) is 0.526. The smallest absolute Gasteiger partial charge is 0.255 e. The van der Waals surface area contributed by atoms with Crippen LogP contribution in [0.15, 0.2) is 36.5 Å². The topological polar surface area (TPSA) is 91.5 Å². The van der Waals surface area contributed by atoms with Crippen molar-refractivity contribution in [2.75, 3.05) is 18.8 Å². The lowest BCUT2D eigenvalue weighted by Crippen LogP contribution is -2.39. The first-order chi connectivity index (χ1) is 17.7. The predicted octanol–water partition coefficient (Wildman–Crippen LogP) is 4.98. The Bertz CT molecular complexity index is 1090. The Kier molecular flexibility index (Phi) is 7.50. The van der Waals surface area contributed by atoms with Crippen molar-refractivity contribution < 1.29 is 18.7 Å². The lowest BCUT2D eigenvalue weighted by molar-refractivity contribution is -0.0518. The van der Waals surface area contributed by atoms with Crippen molar-refractivity contribution in [1.82, 2.24) is 15.2 Å². The van der Waals surface area contributed by atoms with Gasteiger partial charge in [0, 0.05) is 55.7 Å². The zero-order valence-corrected chi connectivity index (χ0v) is 21.5. The molecule has 0 radical (unpaired) electrons. The number of nitrogens with one attached hydrogen (secondary N) is 1. The number of rotatable bonds is 5. The van der Waals surface area contributed by atoms with Crippen LogP contribution in [-0.2, 0) is 0 Å². The first-order valence-electron chi connectivity index (χ1n) is 13.6. The molecular weight excluding hydrogens is 474 g/mol. The zero-order valence-electron chi connectivity index (χ0n) is 21.5. The maximum absolute atomic E-state index is 13.6. The van der Waals surface area contributed by atoms with Gasteiger partial charge in [0.15, 0.2) is 0 Å². The highest BCUT2D eigenvalue weighted by Crippen LogP contribution is 2.40. The van der Waals surface area contributed by atoms with Gasteiger partial charge in [-0.1, -0.05) is 31.2 Å². The number of carbonyl (C=O) groups excluding carboxylic acids is 1. The molecule has 2 saturated carbocycles. The molecule has 8 heteroatoms. The number of alkyl halides is 2. The van der Waals surface area contributed by atoms with Crippen LogP contribution >= 0.6 is 0 Å². The summed E-state index contributed by atoms with van der Waals surface area (Å²) in [7, 11) is 0. The number of halogens is 2. The number of aliphatic hydroxyl groups is 1. The molecule has 0 bridgehead atoms. The van der Waals surface area contributed by atoms with Crippen molar-refractivity contribution in [3.05, 3.63) is 47.7 Å². The highest BCUT2D eigenvalue weighted by Gasteiger charge is 2.40. The molecule has 2 aliphatic carbocycles. The van der Waals surface area contributed by atoms with E-state index >= 15 is 0 Å². The van der Waals surface area contributed by atoms with Gasteiger partial charge in [0.05, 0.1) is 11.7 Å². The third-order valence-electron chi connectivity index (χ3n) is 8.71. The van der Waals surface area contributed by atoms with Gasteiger partial charge in [0.1, 0.15) is 5.82 Å². The number of nitrogen functional groups attached to an aromatic ring is 1. The van der Waals surface area contributed by atoms with Crippen LogP contribution in [0.25, 0.3) is 11.1 Å². The third-order valence-corrected chi connectivity index (χ3v) is 8.71. The van der Waals surface area contributed by atoms with E-state index < -0.39 is 5.92 Å². The van der Waals surface area contributed by atoms with E-state index in [9.17, 15) is 18.7 Å². The van der Waals surface area contributed by atoms with Crippen LogP contribution in [0.2, 0.25) is 0 Å². The van der Waals surface area contributed by atoms with Crippen LogP contribution in [0.5, 0.6) is 0 Å². The number of hydrogen-bond acceptors (Lipinski definition) is 5. The average molecular weight is 513 g/mol. The van der Waals surface area contributed by atoms with E-state index in [-0.39, 0.29) is 42.8 Å². The van der Waals surface area contributed by atoms with Gasteiger partial charge in [0.25, 0.3) is 5.91 Å². The number of nitrogens with two attached hydrogens (primary N) is 1. The molecule has 1 amide bonds. The SMILES string of the molecule is C[C@@H]1CN(C2CCC(F)(F)CC2)C[C@H]1c1ccc(-c2cnc(N)c(C(=O)NC3CCC(O)CC3)c2)cc1. The van der Waals surface area contributed by atoms with E-state index in [1.165, 1.54) is 5.56 Å². The minimum absolute atomic E-state index is 0.00132. The normalized spacial score (nSPS) is 28.8. The van der Waals surface area contributed by atoms with Gasteiger partial charge in [-0.15, -0.1) is 0 Å². The molecule has 1 aromatic carbocycles. The Hall–Kier alpha value is -2.58. The number of hydrogen-bond donors (Lipinski definition) is 3. The van der Waals surface area contributed by atoms with Crippen molar-refractivity contribution in [2.24, 2.45) is 5.92 Å². The number of anilines is 1. The maximum Gasteiger partial charge on any atom is 0.255 e. The molecule has 2 aromatic rings. The lowest BCUT2D eigenvalue weighted by Gasteiger charge is -2.34. The summed E-state index contributed by atoms with van der Waals surface area (Å²) < 4.78 is 27.2. The van der Waals surface area contributed by atoms with Gasteiger partial charge >= 0.3 is 0 Å². The Morgan fingerprint density at radius 1 is 1.05 bits per heavy atom. The molecule has 4 N–H and O–H groups in total. The summed E-state index contributed by atoms with van der Waals surface area (Å²) in [6, 6.07) is 10.5.